The number of nitrogens with zero attached hydrogens (tertiary/aromatic N) is 6. The van der Waals surface area contributed by atoms with E-state index < -0.39 is 0 Å². The molecule has 11 aromatic carbocycles. The number of para-hydroxylation sites is 4. The SMILES string of the molecule is CC1(C)c2ccccc2-c2ccc(-c3cc(-c4ccc5c(c4)C(C)(C)c4ccccc4-5)c4nc(-c5ccc(-n6c(-c7ccccc7)nc7ccccc76)cc5)nc(-c5ccc(-n6c(-c7ccccc7)nc7ccccc76)cc5)c4c3)cc21. The van der Waals surface area contributed by atoms with Crippen LogP contribution >= 0.6 is 0 Å². The van der Waals surface area contributed by atoms with Crippen molar-refractivity contribution in [2.75, 3.05) is 0 Å². The monoisotopic (exact) mass is 1050 g/mol. The molecule has 6 nitrogen and oxygen atoms in total. The van der Waals surface area contributed by atoms with Crippen molar-refractivity contribution in [2.45, 2.75) is 38.5 Å². The summed E-state index contributed by atoms with van der Waals surface area (Å²) in [5, 5.41) is 0.974. The molecule has 0 fully saturated rings. The van der Waals surface area contributed by atoms with Gasteiger partial charge in [0.2, 0.25) is 0 Å². The molecule has 0 spiro atoms. The first-order valence-corrected chi connectivity index (χ1v) is 28.3. The maximum absolute atomic E-state index is 5.72. The van der Waals surface area contributed by atoms with Crippen LogP contribution in [0.15, 0.2) is 255 Å². The largest absolute Gasteiger partial charge is 0.292 e. The summed E-state index contributed by atoms with van der Waals surface area (Å²) in [4.78, 5) is 21.8. The summed E-state index contributed by atoms with van der Waals surface area (Å²) < 4.78 is 4.52. The Morgan fingerprint density at radius 1 is 0.293 bits per heavy atom. The van der Waals surface area contributed by atoms with Crippen molar-refractivity contribution in [3.8, 4) is 101 Å². The fraction of sp³-hybridized carbons (Fsp3) is 0.0789. The van der Waals surface area contributed by atoms with Crippen molar-refractivity contribution in [1.82, 2.24) is 29.1 Å². The molecule has 0 N–H and O–H groups in total. The molecule has 2 aliphatic carbocycles. The maximum atomic E-state index is 5.72. The molecule has 2 aliphatic rings. The predicted molar refractivity (Wildman–Crippen MR) is 337 cm³/mol. The number of hydrogen-bond acceptors (Lipinski definition) is 4. The molecule has 82 heavy (non-hydrogen) atoms. The van der Waals surface area contributed by atoms with E-state index in [1.54, 1.807) is 0 Å². The standard InChI is InChI=1S/C76H54N6/c1-75(2)62-25-13-11-23-56(62)58-41-35-51(45-64(58)75)53-43-60(52-36-42-59-57-24-12-14-26-63(57)76(3,4)65(59)46-52)71-61(44-53)70(47-31-37-54(38-32-47)81-68-29-17-15-27-66(68)77-73(81)49-19-7-5-8-20-49)79-72(80-71)48-33-39-55(40-34-48)82-69-30-18-16-28-67(69)78-74(82)50-21-9-6-10-22-50/h5-46H,1-4H3. The van der Waals surface area contributed by atoms with E-state index in [0.717, 1.165) is 106 Å². The van der Waals surface area contributed by atoms with Crippen LogP contribution in [0.2, 0.25) is 0 Å². The normalized spacial score (nSPS) is 13.6. The van der Waals surface area contributed by atoms with Crippen LogP contribution in [-0.2, 0) is 10.8 Å². The molecule has 388 valence electrons. The van der Waals surface area contributed by atoms with Crippen LogP contribution in [0.25, 0.3) is 134 Å². The van der Waals surface area contributed by atoms with Gasteiger partial charge in [0.05, 0.1) is 33.3 Å². The minimum atomic E-state index is -0.202. The van der Waals surface area contributed by atoms with Gasteiger partial charge in [0.1, 0.15) is 11.6 Å². The van der Waals surface area contributed by atoms with Gasteiger partial charge in [-0.05, 0) is 146 Å². The average Bonchev–Trinajstić information content (AvgIpc) is 4.40. The van der Waals surface area contributed by atoms with Crippen LogP contribution in [0, 0.1) is 0 Å². The third-order valence-electron chi connectivity index (χ3n) is 17.6. The second-order valence-corrected chi connectivity index (χ2v) is 23.0. The van der Waals surface area contributed by atoms with Crippen LogP contribution in [-0.4, -0.2) is 29.1 Å². The number of benzene rings is 11. The zero-order valence-corrected chi connectivity index (χ0v) is 45.9. The fourth-order valence-electron chi connectivity index (χ4n) is 13.4. The lowest BCUT2D eigenvalue weighted by atomic mass is 9.81. The van der Waals surface area contributed by atoms with Gasteiger partial charge in [-0.1, -0.05) is 198 Å². The van der Waals surface area contributed by atoms with Crippen molar-refractivity contribution < 1.29 is 0 Å². The molecule has 0 unspecified atom stereocenters. The molecule has 0 amide bonds. The Balaban J connectivity index is 0.927. The Kier molecular flexibility index (Phi) is 10.5. The summed E-state index contributed by atoms with van der Waals surface area (Å²) in [5.74, 6) is 2.42. The third-order valence-corrected chi connectivity index (χ3v) is 17.6. The van der Waals surface area contributed by atoms with E-state index in [1.165, 1.54) is 44.5 Å². The van der Waals surface area contributed by atoms with E-state index in [9.17, 15) is 0 Å². The fourth-order valence-corrected chi connectivity index (χ4v) is 13.4. The van der Waals surface area contributed by atoms with Crippen LogP contribution in [0.1, 0.15) is 49.9 Å². The van der Waals surface area contributed by atoms with Crippen LogP contribution in [0.3, 0.4) is 0 Å². The lowest BCUT2D eigenvalue weighted by Crippen LogP contribution is -2.15. The Morgan fingerprint density at radius 3 is 1.28 bits per heavy atom. The van der Waals surface area contributed by atoms with Gasteiger partial charge in [-0.15, -0.1) is 0 Å². The average molecular weight is 1050 g/mol. The second-order valence-electron chi connectivity index (χ2n) is 23.0. The first-order valence-electron chi connectivity index (χ1n) is 28.3. The minimum absolute atomic E-state index is 0.169. The van der Waals surface area contributed by atoms with E-state index in [1.807, 2.05) is 12.1 Å². The summed E-state index contributed by atoms with van der Waals surface area (Å²) in [5.41, 5.74) is 26.3. The van der Waals surface area contributed by atoms with Gasteiger partial charge in [0, 0.05) is 55.4 Å². The molecular weight excluding hydrogens is 997 g/mol. The molecule has 6 heteroatoms. The summed E-state index contributed by atoms with van der Waals surface area (Å²) >= 11 is 0. The zero-order chi connectivity index (χ0) is 54.8. The maximum Gasteiger partial charge on any atom is 0.160 e. The highest BCUT2D eigenvalue weighted by Crippen LogP contribution is 2.52. The van der Waals surface area contributed by atoms with E-state index in [4.69, 9.17) is 19.9 Å². The quantitative estimate of drug-likeness (QED) is 0.152. The first kappa shape index (κ1) is 47.7. The topological polar surface area (TPSA) is 61.4 Å². The van der Waals surface area contributed by atoms with E-state index >= 15 is 0 Å². The second kappa shape index (κ2) is 18.1. The molecule has 16 rings (SSSR count). The summed E-state index contributed by atoms with van der Waals surface area (Å²) in [6, 6.07) is 91.8. The van der Waals surface area contributed by atoms with Crippen LogP contribution in [0.4, 0.5) is 0 Å². The number of hydrogen-bond donors (Lipinski definition) is 0. The van der Waals surface area contributed by atoms with Crippen molar-refractivity contribution in [3.63, 3.8) is 0 Å². The van der Waals surface area contributed by atoms with Gasteiger partial charge in [-0.3, -0.25) is 9.13 Å². The van der Waals surface area contributed by atoms with Gasteiger partial charge in [-0.25, -0.2) is 19.9 Å². The van der Waals surface area contributed by atoms with E-state index in [2.05, 4.69) is 279 Å². The molecule has 0 radical (unpaired) electrons. The Morgan fingerprint density at radius 2 is 0.732 bits per heavy atom. The smallest absolute Gasteiger partial charge is 0.160 e. The summed E-state index contributed by atoms with van der Waals surface area (Å²) in [6.07, 6.45) is 0. The predicted octanol–water partition coefficient (Wildman–Crippen LogP) is 18.9. The Labute approximate surface area is 476 Å². The molecular formula is C76H54N6. The Hall–Kier alpha value is -10.3. The van der Waals surface area contributed by atoms with Gasteiger partial charge >= 0.3 is 0 Å². The zero-order valence-electron chi connectivity index (χ0n) is 45.9. The molecule has 0 saturated heterocycles. The highest BCUT2D eigenvalue weighted by molar-refractivity contribution is 6.05. The van der Waals surface area contributed by atoms with E-state index in [-0.39, 0.29) is 10.8 Å². The van der Waals surface area contributed by atoms with Gasteiger partial charge in [0.25, 0.3) is 0 Å². The number of imidazole rings is 2. The highest BCUT2D eigenvalue weighted by Gasteiger charge is 2.37. The number of fused-ring (bicyclic) bond motifs is 9. The van der Waals surface area contributed by atoms with Crippen molar-refractivity contribution in [3.05, 3.63) is 277 Å². The number of aromatic nitrogens is 6. The molecule has 0 atom stereocenters. The van der Waals surface area contributed by atoms with Crippen molar-refractivity contribution in [1.29, 1.82) is 0 Å². The Bertz CT molecular complexity index is 4890. The summed E-state index contributed by atoms with van der Waals surface area (Å²) in [6.45, 7) is 9.43. The van der Waals surface area contributed by atoms with Gasteiger partial charge in [-0.2, -0.15) is 0 Å². The van der Waals surface area contributed by atoms with Gasteiger partial charge in [0.15, 0.2) is 5.82 Å². The molecule has 0 aliphatic heterocycles. The first-order chi connectivity index (χ1) is 40.2. The van der Waals surface area contributed by atoms with E-state index in [0.29, 0.717) is 5.82 Å². The molecule has 3 aromatic heterocycles. The van der Waals surface area contributed by atoms with Crippen molar-refractivity contribution in [2.24, 2.45) is 0 Å². The summed E-state index contributed by atoms with van der Waals surface area (Å²) in [7, 11) is 0. The van der Waals surface area contributed by atoms with Gasteiger partial charge < -0.3 is 0 Å². The van der Waals surface area contributed by atoms with Crippen LogP contribution < -0.4 is 0 Å². The lowest BCUT2D eigenvalue weighted by molar-refractivity contribution is 0.660. The van der Waals surface area contributed by atoms with Crippen molar-refractivity contribution >= 4 is 33.0 Å². The molecule has 0 saturated carbocycles. The molecule has 3 heterocycles. The highest BCUT2D eigenvalue weighted by atomic mass is 15.1. The molecule has 0 bridgehead atoms. The van der Waals surface area contributed by atoms with Crippen LogP contribution in [0.5, 0.6) is 0 Å². The number of rotatable bonds is 8. The molecule has 14 aromatic rings. The third kappa shape index (κ3) is 7.34. The minimum Gasteiger partial charge on any atom is -0.292 e. The lowest BCUT2D eigenvalue weighted by Gasteiger charge is -2.23.